The first-order valence-electron chi connectivity index (χ1n) is 2.89. The SMILES string of the molecule is NC1C[C@@H](N)[C@H](O)C1. The van der Waals surface area contributed by atoms with E-state index >= 15 is 0 Å². The summed E-state index contributed by atoms with van der Waals surface area (Å²) in [5.41, 5.74) is 10.9. The molecule has 1 unspecified atom stereocenters. The lowest BCUT2D eigenvalue weighted by Gasteiger charge is -2.04. The molecule has 0 saturated heterocycles. The zero-order valence-corrected chi connectivity index (χ0v) is 4.75. The molecule has 5 N–H and O–H groups in total. The summed E-state index contributed by atoms with van der Waals surface area (Å²) >= 11 is 0. The lowest BCUT2D eigenvalue weighted by Crippen LogP contribution is -2.28. The Bertz CT molecular complexity index is 76.5. The van der Waals surface area contributed by atoms with Crippen LogP contribution in [0, 0.1) is 0 Å². The monoisotopic (exact) mass is 116 g/mol. The van der Waals surface area contributed by atoms with Gasteiger partial charge in [-0.15, -0.1) is 0 Å². The smallest absolute Gasteiger partial charge is 0.0706 e. The van der Waals surface area contributed by atoms with E-state index in [0.29, 0.717) is 6.42 Å². The summed E-state index contributed by atoms with van der Waals surface area (Å²) in [5, 5.41) is 8.96. The minimum atomic E-state index is -0.356. The number of hydrogen-bond acceptors (Lipinski definition) is 3. The summed E-state index contributed by atoms with van der Waals surface area (Å²) < 4.78 is 0. The van der Waals surface area contributed by atoms with E-state index in [1.54, 1.807) is 0 Å². The van der Waals surface area contributed by atoms with Gasteiger partial charge >= 0.3 is 0 Å². The quantitative estimate of drug-likeness (QED) is 0.372. The fourth-order valence-electron chi connectivity index (χ4n) is 1.09. The van der Waals surface area contributed by atoms with E-state index in [4.69, 9.17) is 16.6 Å². The Labute approximate surface area is 48.7 Å². The second kappa shape index (κ2) is 2.01. The Morgan fingerprint density at radius 1 is 1.25 bits per heavy atom. The average molecular weight is 116 g/mol. The molecule has 8 heavy (non-hydrogen) atoms. The van der Waals surface area contributed by atoms with Gasteiger partial charge in [0.1, 0.15) is 0 Å². The molecular formula is C5H12N2O. The molecule has 3 atom stereocenters. The van der Waals surface area contributed by atoms with Crippen molar-refractivity contribution >= 4 is 0 Å². The summed E-state index contributed by atoms with van der Waals surface area (Å²) in [6.07, 6.45) is 1.08. The molecule has 0 aromatic heterocycles. The summed E-state index contributed by atoms with van der Waals surface area (Å²) in [6, 6.07) is 0.0463. The molecule has 0 heterocycles. The number of rotatable bonds is 0. The molecule has 0 bridgehead atoms. The number of aliphatic hydroxyl groups excluding tert-OH is 1. The molecule has 1 aliphatic rings. The highest BCUT2D eigenvalue weighted by Gasteiger charge is 2.27. The fourth-order valence-corrected chi connectivity index (χ4v) is 1.09. The highest BCUT2D eigenvalue weighted by Crippen LogP contribution is 2.15. The Morgan fingerprint density at radius 2 is 1.88 bits per heavy atom. The summed E-state index contributed by atoms with van der Waals surface area (Å²) in [5.74, 6) is 0. The molecule has 1 rings (SSSR count). The van der Waals surface area contributed by atoms with Gasteiger partial charge in [0.15, 0.2) is 0 Å². The lowest BCUT2D eigenvalue weighted by molar-refractivity contribution is 0.164. The van der Waals surface area contributed by atoms with Crippen molar-refractivity contribution in [2.24, 2.45) is 11.5 Å². The van der Waals surface area contributed by atoms with Crippen LogP contribution in [0.2, 0.25) is 0 Å². The predicted molar refractivity (Wildman–Crippen MR) is 31.2 cm³/mol. The van der Waals surface area contributed by atoms with Crippen molar-refractivity contribution in [2.75, 3.05) is 0 Å². The molecule has 3 nitrogen and oxygen atoms in total. The second-order valence-corrected chi connectivity index (χ2v) is 2.46. The molecule has 3 heteroatoms. The topological polar surface area (TPSA) is 72.3 Å². The third kappa shape index (κ3) is 0.992. The van der Waals surface area contributed by atoms with Gasteiger partial charge in [-0.2, -0.15) is 0 Å². The molecule has 0 amide bonds. The van der Waals surface area contributed by atoms with Gasteiger partial charge in [0, 0.05) is 12.1 Å². The maximum absolute atomic E-state index is 8.96. The van der Waals surface area contributed by atoms with Gasteiger partial charge in [0.05, 0.1) is 6.10 Å². The van der Waals surface area contributed by atoms with Gasteiger partial charge in [-0.05, 0) is 12.8 Å². The van der Waals surface area contributed by atoms with E-state index in [1.165, 1.54) is 0 Å². The van der Waals surface area contributed by atoms with E-state index in [0.717, 1.165) is 6.42 Å². The fraction of sp³-hybridized carbons (Fsp3) is 1.00. The van der Waals surface area contributed by atoms with Crippen molar-refractivity contribution in [3.05, 3.63) is 0 Å². The van der Waals surface area contributed by atoms with Gasteiger partial charge in [-0.1, -0.05) is 0 Å². The molecule has 0 aliphatic heterocycles. The Kier molecular flexibility index (Phi) is 1.51. The number of aliphatic hydroxyl groups is 1. The zero-order valence-electron chi connectivity index (χ0n) is 4.75. The average Bonchev–Trinajstić information content (AvgIpc) is 1.85. The Morgan fingerprint density at radius 3 is 2.00 bits per heavy atom. The van der Waals surface area contributed by atoms with Crippen LogP contribution in [0.4, 0.5) is 0 Å². The highest BCUT2D eigenvalue weighted by molar-refractivity contribution is 4.87. The van der Waals surface area contributed by atoms with Crippen molar-refractivity contribution < 1.29 is 5.11 Å². The maximum Gasteiger partial charge on any atom is 0.0706 e. The van der Waals surface area contributed by atoms with E-state index in [1.807, 2.05) is 0 Å². The molecule has 1 saturated carbocycles. The Balaban J connectivity index is 2.39. The minimum Gasteiger partial charge on any atom is -0.391 e. The molecule has 1 aliphatic carbocycles. The first-order valence-corrected chi connectivity index (χ1v) is 2.89. The van der Waals surface area contributed by atoms with E-state index in [-0.39, 0.29) is 18.2 Å². The van der Waals surface area contributed by atoms with Crippen LogP contribution >= 0.6 is 0 Å². The molecule has 0 aromatic carbocycles. The summed E-state index contributed by atoms with van der Waals surface area (Å²) in [7, 11) is 0. The van der Waals surface area contributed by atoms with Crippen LogP contribution in [-0.2, 0) is 0 Å². The third-order valence-electron chi connectivity index (χ3n) is 1.61. The number of nitrogens with two attached hydrogens (primary N) is 2. The van der Waals surface area contributed by atoms with Crippen molar-refractivity contribution in [2.45, 2.75) is 31.0 Å². The van der Waals surface area contributed by atoms with Gasteiger partial charge in [-0.25, -0.2) is 0 Å². The predicted octanol–water partition coefficient (Wildman–Crippen LogP) is -1.20. The normalized spacial score (nSPS) is 47.6. The summed E-state index contributed by atoms with van der Waals surface area (Å²) in [4.78, 5) is 0. The van der Waals surface area contributed by atoms with Crippen LogP contribution in [0.25, 0.3) is 0 Å². The standard InChI is InChI=1S/C5H12N2O/c6-3-1-4(7)5(8)2-3/h3-5,8H,1-2,6-7H2/t3?,4-,5-/m1/s1. The van der Waals surface area contributed by atoms with Crippen LogP contribution in [0.5, 0.6) is 0 Å². The highest BCUT2D eigenvalue weighted by atomic mass is 16.3. The first kappa shape index (κ1) is 6.01. The maximum atomic E-state index is 8.96. The minimum absolute atomic E-state index is 0.0787. The second-order valence-electron chi connectivity index (χ2n) is 2.46. The van der Waals surface area contributed by atoms with Gasteiger partial charge in [-0.3, -0.25) is 0 Å². The van der Waals surface area contributed by atoms with Crippen molar-refractivity contribution in [1.29, 1.82) is 0 Å². The van der Waals surface area contributed by atoms with E-state index in [2.05, 4.69) is 0 Å². The zero-order chi connectivity index (χ0) is 6.15. The lowest BCUT2D eigenvalue weighted by atomic mass is 10.2. The van der Waals surface area contributed by atoms with Crippen LogP contribution in [-0.4, -0.2) is 23.3 Å². The molecule has 0 aromatic rings. The third-order valence-corrected chi connectivity index (χ3v) is 1.61. The molecule has 0 spiro atoms. The van der Waals surface area contributed by atoms with Crippen molar-refractivity contribution in [3.63, 3.8) is 0 Å². The molecular weight excluding hydrogens is 104 g/mol. The van der Waals surface area contributed by atoms with Crippen LogP contribution in [0.1, 0.15) is 12.8 Å². The van der Waals surface area contributed by atoms with Crippen LogP contribution < -0.4 is 11.5 Å². The van der Waals surface area contributed by atoms with E-state index in [9.17, 15) is 0 Å². The molecule has 1 fully saturated rings. The van der Waals surface area contributed by atoms with Crippen LogP contribution in [0.3, 0.4) is 0 Å². The molecule has 48 valence electrons. The first-order chi connectivity index (χ1) is 3.70. The molecule has 0 radical (unpaired) electrons. The van der Waals surface area contributed by atoms with E-state index < -0.39 is 0 Å². The number of hydrogen-bond donors (Lipinski definition) is 3. The van der Waals surface area contributed by atoms with Crippen LogP contribution in [0.15, 0.2) is 0 Å². The Hall–Kier alpha value is -0.120. The van der Waals surface area contributed by atoms with Gasteiger partial charge in [0.2, 0.25) is 0 Å². The van der Waals surface area contributed by atoms with Gasteiger partial charge < -0.3 is 16.6 Å². The van der Waals surface area contributed by atoms with Gasteiger partial charge in [0.25, 0.3) is 0 Å². The summed E-state index contributed by atoms with van der Waals surface area (Å²) in [6.45, 7) is 0. The van der Waals surface area contributed by atoms with Crippen molar-refractivity contribution in [1.82, 2.24) is 0 Å². The van der Waals surface area contributed by atoms with Crippen molar-refractivity contribution in [3.8, 4) is 0 Å². The largest absolute Gasteiger partial charge is 0.391 e.